The molecular formula is C19H17N5O3S. The molecule has 142 valence electrons. The summed E-state index contributed by atoms with van der Waals surface area (Å²) >= 11 is 0. The Balaban J connectivity index is 1.60. The first-order valence-corrected chi connectivity index (χ1v) is 10.2. The van der Waals surface area contributed by atoms with E-state index in [0.717, 1.165) is 16.7 Å². The number of hydrogen-bond donors (Lipinski definition) is 0. The third kappa shape index (κ3) is 3.44. The summed E-state index contributed by atoms with van der Waals surface area (Å²) < 4.78 is 32.2. The largest absolute Gasteiger partial charge is 0.338 e. The molecule has 0 amide bonds. The van der Waals surface area contributed by atoms with Gasteiger partial charge in [-0.1, -0.05) is 65.3 Å². The molecule has 0 saturated carbocycles. The van der Waals surface area contributed by atoms with Crippen LogP contribution in [0, 0.1) is 6.92 Å². The van der Waals surface area contributed by atoms with E-state index in [1.165, 1.54) is 4.57 Å². The van der Waals surface area contributed by atoms with Crippen LogP contribution in [0.5, 0.6) is 0 Å². The molecule has 0 aliphatic rings. The second-order valence-corrected chi connectivity index (χ2v) is 8.25. The summed E-state index contributed by atoms with van der Waals surface area (Å²) in [5.41, 5.74) is 2.63. The minimum Gasteiger partial charge on any atom is -0.338 e. The molecule has 0 radical (unpaired) electrons. The molecule has 0 bridgehead atoms. The summed E-state index contributed by atoms with van der Waals surface area (Å²) in [6, 6.07) is 16.8. The monoisotopic (exact) mass is 395 g/mol. The molecule has 8 nitrogen and oxygen atoms in total. The lowest BCUT2D eigenvalue weighted by molar-refractivity contribution is 0.389. The minimum absolute atomic E-state index is 0.000152. The zero-order valence-electron chi connectivity index (χ0n) is 15.3. The summed E-state index contributed by atoms with van der Waals surface area (Å²) in [6.07, 6.45) is 0. The molecule has 0 spiro atoms. The SMILES string of the molecule is Cc1ccc(-c2noc(CS(=O)(=O)c3nnc(-c4ccccc4)n3C)n2)cc1. The van der Waals surface area contributed by atoms with Crippen molar-refractivity contribution in [2.45, 2.75) is 17.8 Å². The van der Waals surface area contributed by atoms with Crippen molar-refractivity contribution in [3.63, 3.8) is 0 Å². The molecule has 0 aliphatic carbocycles. The maximum atomic E-state index is 12.8. The number of benzene rings is 2. The van der Waals surface area contributed by atoms with Crippen molar-refractivity contribution >= 4 is 9.84 Å². The first kappa shape index (κ1) is 18.1. The lowest BCUT2D eigenvalue weighted by Gasteiger charge is -2.03. The molecule has 4 rings (SSSR count). The van der Waals surface area contributed by atoms with Crippen molar-refractivity contribution in [3.8, 4) is 22.8 Å². The summed E-state index contributed by atoms with van der Waals surface area (Å²) in [4.78, 5) is 4.20. The third-order valence-corrected chi connectivity index (χ3v) is 5.78. The molecular weight excluding hydrogens is 378 g/mol. The topological polar surface area (TPSA) is 104 Å². The van der Waals surface area contributed by atoms with Gasteiger partial charge in [0, 0.05) is 18.2 Å². The van der Waals surface area contributed by atoms with Gasteiger partial charge in [0.2, 0.25) is 26.7 Å². The zero-order valence-corrected chi connectivity index (χ0v) is 16.1. The number of hydrogen-bond acceptors (Lipinski definition) is 7. The van der Waals surface area contributed by atoms with Gasteiger partial charge in [0.1, 0.15) is 5.75 Å². The van der Waals surface area contributed by atoms with Gasteiger partial charge in [-0.05, 0) is 6.92 Å². The highest BCUT2D eigenvalue weighted by atomic mass is 32.2. The Morgan fingerprint density at radius 1 is 0.964 bits per heavy atom. The fraction of sp³-hybridized carbons (Fsp3) is 0.158. The van der Waals surface area contributed by atoms with E-state index in [4.69, 9.17) is 4.52 Å². The highest BCUT2D eigenvalue weighted by Gasteiger charge is 2.27. The van der Waals surface area contributed by atoms with Gasteiger partial charge in [0.15, 0.2) is 5.82 Å². The normalized spacial score (nSPS) is 11.6. The lowest BCUT2D eigenvalue weighted by Crippen LogP contribution is -2.11. The molecule has 2 aromatic carbocycles. The van der Waals surface area contributed by atoms with Crippen LogP contribution in [0.3, 0.4) is 0 Å². The Morgan fingerprint density at radius 3 is 2.39 bits per heavy atom. The Labute approximate surface area is 161 Å². The van der Waals surface area contributed by atoms with Crippen LogP contribution >= 0.6 is 0 Å². The molecule has 0 N–H and O–H groups in total. The number of sulfone groups is 1. The van der Waals surface area contributed by atoms with Gasteiger partial charge in [0.05, 0.1) is 0 Å². The fourth-order valence-corrected chi connectivity index (χ4v) is 4.03. The van der Waals surface area contributed by atoms with Crippen LogP contribution in [0.2, 0.25) is 0 Å². The Bertz CT molecular complexity index is 1210. The predicted molar refractivity (Wildman–Crippen MR) is 102 cm³/mol. The van der Waals surface area contributed by atoms with Crippen molar-refractivity contribution in [3.05, 3.63) is 66.1 Å². The summed E-state index contributed by atoms with van der Waals surface area (Å²) in [6.45, 7) is 1.97. The van der Waals surface area contributed by atoms with Crippen LogP contribution < -0.4 is 0 Å². The predicted octanol–water partition coefficient (Wildman–Crippen LogP) is 2.81. The van der Waals surface area contributed by atoms with Crippen LogP contribution in [-0.4, -0.2) is 33.3 Å². The average molecular weight is 395 g/mol. The van der Waals surface area contributed by atoms with Gasteiger partial charge in [0.25, 0.3) is 0 Å². The van der Waals surface area contributed by atoms with Crippen molar-refractivity contribution < 1.29 is 12.9 Å². The average Bonchev–Trinajstić information content (AvgIpc) is 3.30. The van der Waals surface area contributed by atoms with Crippen molar-refractivity contribution in [1.82, 2.24) is 24.9 Å². The molecule has 0 atom stereocenters. The van der Waals surface area contributed by atoms with E-state index >= 15 is 0 Å². The zero-order chi connectivity index (χ0) is 19.7. The molecule has 4 aromatic rings. The van der Waals surface area contributed by atoms with Crippen molar-refractivity contribution in [2.75, 3.05) is 0 Å². The number of nitrogens with zero attached hydrogens (tertiary/aromatic N) is 5. The quantitative estimate of drug-likeness (QED) is 0.512. The van der Waals surface area contributed by atoms with E-state index in [-0.39, 0.29) is 11.0 Å². The van der Waals surface area contributed by atoms with E-state index in [9.17, 15) is 8.42 Å². The van der Waals surface area contributed by atoms with Gasteiger partial charge < -0.3 is 9.09 Å². The van der Waals surface area contributed by atoms with Crippen LogP contribution in [0.15, 0.2) is 64.3 Å². The standard InChI is InChI=1S/C19H17N5O3S/c1-13-8-10-14(11-9-13)17-20-16(27-23-17)12-28(25,26)19-22-21-18(24(19)2)15-6-4-3-5-7-15/h3-11H,12H2,1-2H3. The van der Waals surface area contributed by atoms with Crippen LogP contribution in [0.4, 0.5) is 0 Å². The maximum Gasteiger partial charge on any atom is 0.250 e. The summed E-state index contributed by atoms with van der Waals surface area (Å²) in [7, 11) is -2.20. The lowest BCUT2D eigenvalue weighted by atomic mass is 10.1. The van der Waals surface area contributed by atoms with Crippen LogP contribution in [0.1, 0.15) is 11.5 Å². The Kier molecular flexibility index (Phi) is 4.52. The van der Waals surface area contributed by atoms with E-state index in [0.29, 0.717) is 11.6 Å². The van der Waals surface area contributed by atoms with Crippen LogP contribution in [0.25, 0.3) is 22.8 Å². The highest BCUT2D eigenvalue weighted by molar-refractivity contribution is 7.90. The Morgan fingerprint density at radius 2 is 1.68 bits per heavy atom. The second kappa shape index (κ2) is 7.01. The van der Waals surface area contributed by atoms with E-state index in [1.807, 2.05) is 61.5 Å². The van der Waals surface area contributed by atoms with Crippen molar-refractivity contribution in [1.29, 1.82) is 0 Å². The van der Waals surface area contributed by atoms with E-state index in [2.05, 4.69) is 20.3 Å². The van der Waals surface area contributed by atoms with Gasteiger partial charge >= 0.3 is 0 Å². The van der Waals surface area contributed by atoms with Gasteiger partial charge in [-0.3, -0.25) is 0 Å². The number of aryl methyl sites for hydroxylation is 1. The first-order valence-electron chi connectivity index (χ1n) is 8.51. The third-order valence-electron chi connectivity index (χ3n) is 4.24. The highest BCUT2D eigenvalue weighted by Crippen LogP contribution is 2.22. The minimum atomic E-state index is -3.81. The maximum absolute atomic E-state index is 12.8. The fourth-order valence-electron chi connectivity index (χ4n) is 2.78. The second-order valence-electron chi connectivity index (χ2n) is 6.37. The molecule has 0 aliphatic heterocycles. The smallest absolute Gasteiger partial charge is 0.250 e. The molecule has 2 aromatic heterocycles. The number of rotatable bonds is 5. The molecule has 0 fully saturated rings. The molecule has 9 heteroatoms. The summed E-state index contributed by atoms with van der Waals surface area (Å²) in [5, 5.41) is 11.6. The van der Waals surface area contributed by atoms with Crippen molar-refractivity contribution in [2.24, 2.45) is 7.05 Å². The first-order chi connectivity index (χ1) is 13.4. The van der Waals surface area contributed by atoms with Gasteiger partial charge in [-0.25, -0.2) is 8.42 Å². The molecule has 28 heavy (non-hydrogen) atoms. The van der Waals surface area contributed by atoms with E-state index in [1.54, 1.807) is 7.05 Å². The summed E-state index contributed by atoms with van der Waals surface area (Å²) in [5.74, 6) is 0.352. The van der Waals surface area contributed by atoms with Gasteiger partial charge in [-0.2, -0.15) is 4.98 Å². The Hall–Kier alpha value is -3.33. The van der Waals surface area contributed by atoms with Crippen LogP contribution in [-0.2, 0) is 22.6 Å². The molecule has 2 heterocycles. The van der Waals surface area contributed by atoms with Gasteiger partial charge in [-0.15, -0.1) is 10.2 Å². The van der Waals surface area contributed by atoms with E-state index < -0.39 is 15.6 Å². The molecule has 0 unspecified atom stereocenters. The number of aromatic nitrogens is 5. The molecule has 0 saturated heterocycles.